The number of hydrogen-bond acceptors (Lipinski definition) is 6. The molecule has 0 bridgehead atoms. The van der Waals surface area contributed by atoms with E-state index in [1.54, 1.807) is 16.8 Å². The third kappa shape index (κ3) is 3.23. The van der Waals surface area contributed by atoms with Crippen LogP contribution in [0.1, 0.15) is 5.82 Å². The highest BCUT2D eigenvalue weighted by Gasteiger charge is 2.11. The molecule has 0 amide bonds. The molecule has 0 radical (unpaired) electrons. The average Bonchev–Trinajstić information content (AvgIpc) is 3.32. The van der Waals surface area contributed by atoms with Crippen LogP contribution in [-0.4, -0.2) is 41.3 Å². The maximum absolute atomic E-state index is 11.2. The van der Waals surface area contributed by atoms with E-state index < -0.39 is 0 Å². The molecule has 0 aliphatic rings. The van der Waals surface area contributed by atoms with Crippen LogP contribution in [0.4, 0.5) is 11.6 Å². The minimum Gasteiger partial charge on any atom is -0.396 e. The minimum atomic E-state index is -0.169. The van der Waals surface area contributed by atoms with Crippen LogP contribution in [0.25, 0.3) is 27.9 Å². The first-order valence-electron chi connectivity index (χ1n) is 9.11. The summed E-state index contributed by atoms with van der Waals surface area (Å²) < 4.78 is 1.76. The Morgan fingerprint density at radius 3 is 2.86 bits per heavy atom. The monoisotopic (exact) mass is 387 g/mol. The fourth-order valence-corrected chi connectivity index (χ4v) is 3.24. The number of aromatic nitrogens is 6. The molecule has 5 aromatic rings. The van der Waals surface area contributed by atoms with Crippen LogP contribution in [0.5, 0.6) is 0 Å². The van der Waals surface area contributed by atoms with Crippen LogP contribution < -0.4 is 10.9 Å². The number of rotatable bonds is 5. The first-order valence-corrected chi connectivity index (χ1v) is 9.11. The van der Waals surface area contributed by atoms with Crippen LogP contribution in [0.15, 0.2) is 59.5 Å². The zero-order chi connectivity index (χ0) is 19.8. The average molecular weight is 387 g/mol. The van der Waals surface area contributed by atoms with Gasteiger partial charge in [0.1, 0.15) is 5.82 Å². The summed E-state index contributed by atoms with van der Waals surface area (Å²) in [6.07, 6.45) is 2.06. The standard InChI is InChI=1S/C20H17N7O2/c28-9-8-17-23-14-6-4-12(10-15(14)24-17)16-2-1-3-18-25-20(26-27(16)18)22-13-5-7-19(29)21-11-13/h1-7,10-11,28H,8-9H2,(H,21,29)(H,22,26)(H,23,24). The van der Waals surface area contributed by atoms with Gasteiger partial charge in [0.15, 0.2) is 5.65 Å². The fourth-order valence-electron chi connectivity index (χ4n) is 3.24. The lowest BCUT2D eigenvalue weighted by Gasteiger charge is -2.04. The predicted octanol–water partition coefficient (Wildman–Crippen LogP) is 2.24. The summed E-state index contributed by atoms with van der Waals surface area (Å²) in [7, 11) is 0. The van der Waals surface area contributed by atoms with Crippen molar-refractivity contribution in [2.75, 3.05) is 11.9 Å². The van der Waals surface area contributed by atoms with E-state index in [1.165, 1.54) is 6.07 Å². The van der Waals surface area contributed by atoms with E-state index >= 15 is 0 Å². The molecular formula is C20H17N7O2. The van der Waals surface area contributed by atoms with Crippen molar-refractivity contribution in [3.63, 3.8) is 0 Å². The van der Waals surface area contributed by atoms with Crippen molar-refractivity contribution in [2.45, 2.75) is 6.42 Å². The van der Waals surface area contributed by atoms with Gasteiger partial charge in [-0.3, -0.25) is 4.79 Å². The van der Waals surface area contributed by atoms with Gasteiger partial charge in [0.05, 0.1) is 29.0 Å². The van der Waals surface area contributed by atoms with E-state index in [0.29, 0.717) is 23.7 Å². The second kappa shape index (κ2) is 6.88. The Hall–Kier alpha value is -3.98. The number of aliphatic hydroxyl groups is 1. The summed E-state index contributed by atoms with van der Waals surface area (Å²) in [5.41, 5.74) is 4.81. The summed E-state index contributed by atoms with van der Waals surface area (Å²) in [6.45, 7) is 0.0516. The molecule has 29 heavy (non-hydrogen) atoms. The van der Waals surface area contributed by atoms with Gasteiger partial charge in [-0.2, -0.15) is 4.98 Å². The zero-order valence-electron chi connectivity index (χ0n) is 15.3. The largest absolute Gasteiger partial charge is 0.396 e. The highest BCUT2D eigenvalue weighted by molar-refractivity contribution is 5.81. The van der Waals surface area contributed by atoms with Gasteiger partial charge in [-0.05, 0) is 30.3 Å². The first kappa shape index (κ1) is 17.1. The molecule has 0 aliphatic carbocycles. The van der Waals surface area contributed by atoms with Crippen molar-refractivity contribution >= 4 is 28.3 Å². The summed E-state index contributed by atoms with van der Waals surface area (Å²) >= 11 is 0. The van der Waals surface area contributed by atoms with E-state index in [1.807, 2.05) is 36.4 Å². The molecule has 4 N–H and O–H groups in total. The molecule has 9 heteroatoms. The number of nitrogens with one attached hydrogen (secondary N) is 3. The molecule has 0 saturated carbocycles. The van der Waals surface area contributed by atoms with Crippen molar-refractivity contribution in [2.24, 2.45) is 0 Å². The van der Waals surface area contributed by atoms with Crippen molar-refractivity contribution < 1.29 is 5.11 Å². The van der Waals surface area contributed by atoms with Crippen molar-refractivity contribution in [1.29, 1.82) is 0 Å². The van der Waals surface area contributed by atoms with E-state index in [2.05, 4.69) is 30.4 Å². The van der Waals surface area contributed by atoms with Gasteiger partial charge < -0.3 is 20.4 Å². The Bertz CT molecular complexity index is 1360. The van der Waals surface area contributed by atoms with Crippen LogP contribution in [0.3, 0.4) is 0 Å². The van der Waals surface area contributed by atoms with E-state index in [4.69, 9.17) is 5.11 Å². The highest BCUT2D eigenvalue weighted by Crippen LogP contribution is 2.25. The van der Waals surface area contributed by atoms with Gasteiger partial charge in [0.2, 0.25) is 11.5 Å². The Balaban J connectivity index is 1.54. The predicted molar refractivity (Wildman–Crippen MR) is 109 cm³/mol. The number of imidazole rings is 1. The Morgan fingerprint density at radius 1 is 1.10 bits per heavy atom. The van der Waals surface area contributed by atoms with Gasteiger partial charge in [-0.25, -0.2) is 9.50 Å². The molecule has 4 aromatic heterocycles. The Labute approximate surface area is 164 Å². The second-order valence-corrected chi connectivity index (χ2v) is 6.57. The number of anilines is 2. The lowest BCUT2D eigenvalue weighted by molar-refractivity contribution is 0.297. The second-order valence-electron chi connectivity index (χ2n) is 6.57. The third-order valence-electron chi connectivity index (χ3n) is 4.58. The number of benzene rings is 1. The van der Waals surface area contributed by atoms with Crippen LogP contribution >= 0.6 is 0 Å². The first-order chi connectivity index (χ1) is 14.2. The van der Waals surface area contributed by atoms with Gasteiger partial charge in [-0.1, -0.05) is 12.1 Å². The lowest BCUT2D eigenvalue weighted by atomic mass is 10.1. The Kier molecular flexibility index (Phi) is 4.07. The summed E-state index contributed by atoms with van der Waals surface area (Å²) in [4.78, 5) is 26.0. The molecule has 1 aromatic carbocycles. The van der Waals surface area contributed by atoms with E-state index in [-0.39, 0.29) is 12.2 Å². The molecular weight excluding hydrogens is 370 g/mol. The molecule has 0 fully saturated rings. The minimum absolute atomic E-state index is 0.0516. The molecule has 0 spiro atoms. The summed E-state index contributed by atoms with van der Waals surface area (Å²) in [6, 6.07) is 14.8. The Morgan fingerprint density at radius 2 is 2.03 bits per heavy atom. The number of aromatic amines is 2. The number of aliphatic hydroxyl groups excluding tert-OH is 1. The van der Waals surface area contributed by atoms with Gasteiger partial charge in [0.25, 0.3) is 0 Å². The quantitative estimate of drug-likeness (QED) is 0.367. The number of pyridine rings is 2. The number of fused-ring (bicyclic) bond motifs is 2. The van der Waals surface area contributed by atoms with Gasteiger partial charge in [-0.15, -0.1) is 5.10 Å². The smallest absolute Gasteiger partial charge is 0.248 e. The molecule has 0 saturated heterocycles. The highest BCUT2D eigenvalue weighted by atomic mass is 16.3. The summed E-state index contributed by atoms with van der Waals surface area (Å²) in [5.74, 6) is 1.18. The van der Waals surface area contributed by atoms with Crippen molar-refractivity contribution in [3.05, 3.63) is 70.9 Å². The molecule has 9 nitrogen and oxygen atoms in total. The topological polar surface area (TPSA) is 124 Å². The molecule has 5 rings (SSSR count). The molecule has 0 atom stereocenters. The number of H-pyrrole nitrogens is 2. The van der Waals surface area contributed by atoms with Gasteiger partial charge in [0, 0.05) is 24.2 Å². The molecule has 0 unspecified atom stereocenters. The van der Waals surface area contributed by atoms with Crippen molar-refractivity contribution in [3.8, 4) is 11.3 Å². The zero-order valence-corrected chi connectivity index (χ0v) is 15.3. The lowest BCUT2D eigenvalue weighted by Crippen LogP contribution is -2.03. The fraction of sp³-hybridized carbons (Fsp3) is 0.100. The SMILES string of the molecule is O=c1ccc(Nc2nc3cccc(-c4ccc5nc(CCO)[nH]c5c4)n3n2)c[nH]1. The third-order valence-corrected chi connectivity index (χ3v) is 4.58. The van der Waals surface area contributed by atoms with E-state index in [0.717, 1.165) is 28.1 Å². The van der Waals surface area contributed by atoms with E-state index in [9.17, 15) is 4.79 Å². The molecule has 0 aliphatic heterocycles. The molecule has 144 valence electrons. The number of hydrogen-bond donors (Lipinski definition) is 4. The maximum atomic E-state index is 11.2. The van der Waals surface area contributed by atoms with Crippen LogP contribution in [0.2, 0.25) is 0 Å². The normalized spacial score (nSPS) is 11.3. The van der Waals surface area contributed by atoms with Crippen LogP contribution in [0, 0.1) is 0 Å². The van der Waals surface area contributed by atoms with Crippen molar-refractivity contribution in [1.82, 2.24) is 29.5 Å². The molecule has 4 heterocycles. The summed E-state index contributed by atoms with van der Waals surface area (Å²) in [5, 5.41) is 16.8. The number of nitrogens with zero attached hydrogens (tertiary/aromatic N) is 4. The maximum Gasteiger partial charge on any atom is 0.248 e. The van der Waals surface area contributed by atoms with Gasteiger partial charge >= 0.3 is 0 Å². The van der Waals surface area contributed by atoms with Crippen LogP contribution in [-0.2, 0) is 6.42 Å².